The number of carbonyl (C=O) groups excluding carboxylic acids is 1. The average molecular weight is 224 g/mol. The van der Waals surface area contributed by atoms with Crippen LogP contribution in [0.4, 0.5) is 13.2 Å². The summed E-state index contributed by atoms with van der Waals surface area (Å²) in [4.78, 5) is 12.5. The predicted octanol–water partition coefficient (Wildman–Crippen LogP) is 0.802. The molecule has 15 heavy (non-hydrogen) atoms. The number of nitrogens with one attached hydrogen (secondary N) is 1. The SMILES string of the molecule is CCN(CC1NCCC1=O)CC(F)(F)F. The van der Waals surface area contributed by atoms with E-state index >= 15 is 0 Å². The fraction of sp³-hybridized carbons (Fsp3) is 0.889. The van der Waals surface area contributed by atoms with Gasteiger partial charge < -0.3 is 5.32 Å². The second-order valence-electron chi connectivity index (χ2n) is 3.67. The number of hydrogen-bond acceptors (Lipinski definition) is 3. The number of ketones is 1. The molecule has 1 heterocycles. The van der Waals surface area contributed by atoms with Crippen LogP contribution >= 0.6 is 0 Å². The third-order valence-electron chi connectivity index (χ3n) is 2.44. The van der Waals surface area contributed by atoms with Gasteiger partial charge in [-0.3, -0.25) is 9.69 Å². The molecule has 1 unspecified atom stereocenters. The predicted molar refractivity (Wildman–Crippen MR) is 49.6 cm³/mol. The molecule has 0 spiro atoms. The molecule has 3 nitrogen and oxygen atoms in total. The summed E-state index contributed by atoms with van der Waals surface area (Å²) in [5, 5.41) is 2.90. The lowest BCUT2D eigenvalue weighted by Gasteiger charge is -2.24. The van der Waals surface area contributed by atoms with Crippen molar-refractivity contribution in [2.45, 2.75) is 25.6 Å². The van der Waals surface area contributed by atoms with Crippen LogP contribution in [0.3, 0.4) is 0 Å². The van der Waals surface area contributed by atoms with E-state index in [-0.39, 0.29) is 12.3 Å². The largest absolute Gasteiger partial charge is 0.401 e. The van der Waals surface area contributed by atoms with Crippen molar-refractivity contribution in [3.05, 3.63) is 0 Å². The van der Waals surface area contributed by atoms with Crippen molar-refractivity contribution >= 4 is 5.78 Å². The molecule has 1 aliphatic heterocycles. The van der Waals surface area contributed by atoms with Crippen molar-refractivity contribution < 1.29 is 18.0 Å². The number of nitrogens with zero attached hydrogens (tertiary/aromatic N) is 1. The number of Topliss-reactive ketones (excluding diaryl/α,β-unsaturated/α-hetero) is 1. The highest BCUT2D eigenvalue weighted by molar-refractivity contribution is 5.86. The summed E-state index contributed by atoms with van der Waals surface area (Å²) in [5.74, 6) is 0.00984. The zero-order valence-electron chi connectivity index (χ0n) is 8.60. The number of halogens is 3. The molecule has 0 amide bonds. The highest BCUT2D eigenvalue weighted by Gasteiger charge is 2.33. The van der Waals surface area contributed by atoms with Crippen LogP contribution in [0.2, 0.25) is 0 Å². The maximum Gasteiger partial charge on any atom is 0.401 e. The molecule has 6 heteroatoms. The monoisotopic (exact) mass is 224 g/mol. The fourth-order valence-electron chi connectivity index (χ4n) is 1.64. The number of carbonyl (C=O) groups is 1. The Hall–Kier alpha value is -0.620. The van der Waals surface area contributed by atoms with Crippen molar-refractivity contribution in [1.29, 1.82) is 0 Å². The van der Waals surface area contributed by atoms with Gasteiger partial charge in [0.05, 0.1) is 12.6 Å². The van der Waals surface area contributed by atoms with Gasteiger partial charge in [0.2, 0.25) is 0 Å². The molecular weight excluding hydrogens is 209 g/mol. The highest BCUT2D eigenvalue weighted by atomic mass is 19.4. The molecule has 1 rings (SSSR count). The number of hydrogen-bond donors (Lipinski definition) is 1. The molecule has 0 saturated carbocycles. The Morgan fingerprint density at radius 2 is 2.20 bits per heavy atom. The summed E-state index contributed by atoms with van der Waals surface area (Å²) in [5.41, 5.74) is 0. The molecule has 1 aliphatic rings. The van der Waals surface area contributed by atoms with Gasteiger partial charge in [-0.25, -0.2) is 0 Å². The fourth-order valence-corrected chi connectivity index (χ4v) is 1.64. The Morgan fingerprint density at radius 1 is 1.53 bits per heavy atom. The Labute approximate surface area is 86.6 Å². The Bertz CT molecular complexity index is 230. The number of rotatable bonds is 4. The van der Waals surface area contributed by atoms with Gasteiger partial charge in [-0.1, -0.05) is 6.92 Å². The summed E-state index contributed by atoms with van der Waals surface area (Å²) in [6.45, 7) is 1.73. The Kier molecular flexibility index (Phi) is 4.10. The molecule has 1 fully saturated rings. The summed E-state index contributed by atoms with van der Waals surface area (Å²) in [7, 11) is 0. The second kappa shape index (κ2) is 4.94. The van der Waals surface area contributed by atoms with Gasteiger partial charge in [0.1, 0.15) is 0 Å². The third-order valence-corrected chi connectivity index (χ3v) is 2.44. The first-order valence-electron chi connectivity index (χ1n) is 4.97. The van der Waals surface area contributed by atoms with Crippen LogP contribution in [-0.2, 0) is 4.79 Å². The summed E-state index contributed by atoms with van der Waals surface area (Å²) in [6, 6.07) is -0.424. The first kappa shape index (κ1) is 12.4. The van der Waals surface area contributed by atoms with Gasteiger partial charge >= 0.3 is 6.18 Å². The highest BCUT2D eigenvalue weighted by Crippen LogP contribution is 2.17. The zero-order chi connectivity index (χ0) is 11.5. The van der Waals surface area contributed by atoms with Crippen LogP contribution in [0.25, 0.3) is 0 Å². The van der Waals surface area contributed by atoms with Crippen LogP contribution in [0.5, 0.6) is 0 Å². The van der Waals surface area contributed by atoms with E-state index in [1.807, 2.05) is 0 Å². The molecule has 1 saturated heterocycles. The van der Waals surface area contributed by atoms with Crippen LogP contribution in [-0.4, -0.2) is 49.1 Å². The maximum atomic E-state index is 12.1. The molecule has 88 valence electrons. The molecular formula is C9H15F3N2O. The van der Waals surface area contributed by atoms with Gasteiger partial charge in [0.25, 0.3) is 0 Å². The molecule has 1 N–H and O–H groups in total. The van der Waals surface area contributed by atoms with E-state index in [2.05, 4.69) is 5.32 Å². The Balaban J connectivity index is 2.42. The lowest BCUT2D eigenvalue weighted by atomic mass is 10.2. The standard InChI is InChI=1S/C9H15F3N2O/c1-2-14(6-9(10,11)12)5-7-8(15)3-4-13-7/h7,13H,2-6H2,1H3. The van der Waals surface area contributed by atoms with Crippen LogP contribution in [0.15, 0.2) is 0 Å². The summed E-state index contributed by atoms with van der Waals surface area (Å²) in [6.07, 6.45) is -3.77. The van der Waals surface area contributed by atoms with Crippen LogP contribution < -0.4 is 5.32 Å². The summed E-state index contributed by atoms with van der Waals surface area (Å²) < 4.78 is 36.4. The van der Waals surface area contributed by atoms with E-state index in [0.29, 0.717) is 19.5 Å². The minimum Gasteiger partial charge on any atom is -0.306 e. The lowest BCUT2D eigenvalue weighted by molar-refractivity contribution is -0.147. The maximum absolute atomic E-state index is 12.1. The molecule has 1 atom stereocenters. The van der Waals surface area contributed by atoms with Gasteiger partial charge in [-0.05, 0) is 6.54 Å². The molecule has 0 aromatic rings. The lowest BCUT2D eigenvalue weighted by Crippen LogP contribution is -2.44. The van der Waals surface area contributed by atoms with Gasteiger partial charge in [0, 0.05) is 19.5 Å². The molecule has 0 aliphatic carbocycles. The zero-order valence-corrected chi connectivity index (χ0v) is 8.60. The van der Waals surface area contributed by atoms with E-state index in [1.165, 1.54) is 4.90 Å². The van der Waals surface area contributed by atoms with E-state index < -0.39 is 18.8 Å². The second-order valence-corrected chi connectivity index (χ2v) is 3.67. The quantitative estimate of drug-likeness (QED) is 0.766. The first-order valence-corrected chi connectivity index (χ1v) is 4.97. The number of likely N-dealkylation sites (N-methyl/N-ethyl adjacent to an activating group) is 1. The van der Waals surface area contributed by atoms with Gasteiger partial charge in [-0.2, -0.15) is 13.2 Å². The first-order chi connectivity index (χ1) is 6.92. The molecule has 0 radical (unpaired) electrons. The van der Waals surface area contributed by atoms with Crippen molar-refractivity contribution in [1.82, 2.24) is 10.2 Å². The molecule has 0 aromatic carbocycles. The average Bonchev–Trinajstić information content (AvgIpc) is 2.48. The Morgan fingerprint density at radius 3 is 2.60 bits per heavy atom. The van der Waals surface area contributed by atoms with Crippen molar-refractivity contribution in [2.75, 3.05) is 26.2 Å². The van der Waals surface area contributed by atoms with Crippen molar-refractivity contribution in [2.24, 2.45) is 0 Å². The molecule has 0 bridgehead atoms. The van der Waals surface area contributed by atoms with Gasteiger partial charge in [0.15, 0.2) is 5.78 Å². The topological polar surface area (TPSA) is 32.3 Å². The van der Waals surface area contributed by atoms with E-state index in [9.17, 15) is 18.0 Å². The minimum atomic E-state index is -4.20. The van der Waals surface area contributed by atoms with Crippen LogP contribution in [0, 0.1) is 0 Å². The normalized spacial score (nSPS) is 22.7. The van der Waals surface area contributed by atoms with Crippen molar-refractivity contribution in [3.63, 3.8) is 0 Å². The van der Waals surface area contributed by atoms with Gasteiger partial charge in [-0.15, -0.1) is 0 Å². The molecule has 0 aromatic heterocycles. The van der Waals surface area contributed by atoms with Crippen LogP contribution in [0.1, 0.15) is 13.3 Å². The van der Waals surface area contributed by atoms with E-state index in [0.717, 1.165) is 0 Å². The smallest absolute Gasteiger partial charge is 0.306 e. The van der Waals surface area contributed by atoms with Crippen molar-refractivity contribution in [3.8, 4) is 0 Å². The van der Waals surface area contributed by atoms with E-state index in [1.54, 1.807) is 6.92 Å². The minimum absolute atomic E-state index is 0.00984. The summed E-state index contributed by atoms with van der Waals surface area (Å²) >= 11 is 0. The van der Waals surface area contributed by atoms with E-state index in [4.69, 9.17) is 0 Å². The third kappa shape index (κ3) is 4.17. The number of alkyl halides is 3.